The van der Waals surface area contributed by atoms with E-state index >= 15 is 0 Å². The fraction of sp³-hybridized carbons (Fsp3) is 0.538. The molecule has 5 nitrogen and oxygen atoms in total. The first-order chi connectivity index (χ1) is 9.02. The van der Waals surface area contributed by atoms with Crippen LogP contribution in [0.5, 0.6) is 0 Å². The summed E-state index contributed by atoms with van der Waals surface area (Å²) < 4.78 is 5.42. The van der Waals surface area contributed by atoms with Crippen LogP contribution in [-0.4, -0.2) is 24.2 Å². The predicted octanol–water partition coefficient (Wildman–Crippen LogP) is 3.87. The van der Waals surface area contributed by atoms with E-state index in [-0.39, 0.29) is 11.8 Å². The quantitative estimate of drug-likeness (QED) is 0.448. The molecule has 19 heavy (non-hydrogen) atoms. The number of ether oxygens (including phenoxy) is 1. The molecule has 106 valence electrons. The van der Waals surface area contributed by atoms with Crippen molar-refractivity contribution in [2.75, 3.05) is 18.5 Å². The molecule has 0 unspecified atom stereocenters. The molecule has 1 aromatic rings. The first kappa shape index (κ1) is 15.7. The molecule has 6 heteroatoms. The van der Waals surface area contributed by atoms with Gasteiger partial charge in [0.2, 0.25) is 0 Å². The topological polar surface area (TPSA) is 64.4 Å². The zero-order chi connectivity index (χ0) is 14.3. The van der Waals surface area contributed by atoms with Gasteiger partial charge in [0.15, 0.2) is 0 Å². The molecule has 0 amide bonds. The molecule has 0 aliphatic rings. The van der Waals surface area contributed by atoms with Crippen molar-refractivity contribution in [1.29, 1.82) is 0 Å². The molecule has 0 spiro atoms. The normalized spacial score (nSPS) is 10.7. The number of para-hydroxylation sites is 1. The summed E-state index contributed by atoms with van der Waals surface area (Å²) in [6.45, 7) is 5.31. The summed E-state index contributed by atoms with van der Waals surface area (Å²) >= 11 is 5.96. The van der Waals surface area contributed by atoms with Crippen LogP contribution in [0.4, 0.5) is 11.4 Å². The highest BCUT2D eigenvalue weighted by atomic mass is 35.5. The van der Waals surface area contributed by atoms with Crippen LogP contribution in [0.15, 0.2) is 18.2 Å². The highest BCUT2D eigenvalue weighted by molar-refractivity contribution is 6.33. The minimum atomic E-state index is -0.434. The van der Waals surface area contributed by atoms with E-state index in [0.29, 0.717) is 23.9 Å². The minimum Gasteiger partial charge on any atom is -0.379 e. The monoisotopic (exact) mass is 286 g/mol. The highest BCUT2D eigenvalue weighted by Crippen LogP contribution is 2.31. The fourth-order valence-electron chi connectivity index (χ4n) is 1.60. The van der Waals surface area contributed by atoms with Crippen molar-refractivity contribution in [3.8, 4) is 0 Å². The second-order valence-electron chi connectivity index (χ2n) is 4.44. The molecule has 0 bridgehead atoms. The maximum absolute atomic E-state index is 10.9. The van der Waals surface area contributed by atoms with Crippen molar-refractivity contribution in [3.63, 3.8) is 0 Å². The number of benzene rings is 1. The van der Waals surface area contributed by atoms with Crippen molar-refractivity contribution in [1.82, 2.24) is 0 Å². The minimum absolute atomic E-state index is 0.00549. The molecule has 0 atom stereocenters. The van der Waals surface area contributed by atoms with Gasteiger partial charge in [-0.2, -0.15) is 0 Å². The lowest BCUT2D eigenvalue weighted by Crippen LogP contribution is -2.08. The number of nitro benzene ring substituents is 1. The van der Waals surface area contributed by atoms with Crippen molar-refractivity contribution < 1.29 is 9.66 Å². The lowest BCUT2D eigenvalue weighted by Gasteiger charge is -2.10. The van der Waals surface area contributed by atoms with Gasteiger partial charge in [0, 0.05) is 19.2 Å². The van der Waals surface area contributed by atoms with Gasteiger partial charge in [0.1, 0.15) is 5.69 Å². The van der Waals surface area contributed by atoms with Gasteiger partial charge in [-0.25, -0.2) is 0 Å². The van der Waals surface area contributed by atoms with Crippen molar-refractivity contribution >= 4 is 23.0 Å². The summed E-state index contributed by atoms with van der Waals surface area (Å²) in [4.78, 5) is 10.4. The van der Waals surface area contributed by atoms with E-state index in [1.54, 1.807) is 12.1 Å². The van der Waals surface area contributed by atoms with Crippen molar-refractivity contribution in [3.05, 3.63) is 33.3 Å². The molecule has 0 aliphatic carbocycles. The van der Waals surface area contributed by atoms with E-state index in [1.807, 2.05) is 13.8 Å². The smallest absolute Gasteiger partial charge is 0.293 e. The molecule has 0 saturated carbocycles. The van der Waals surface area contributed by atoms with Gasteiger partial charge in [-0.15, -0.1) is 0 Å². The Bertz CT molecular complexity index is 424. The molecule has 1 rings (SSSR count). The van der Waals surface area contributed by atoms with Crippen molar-refractivity contribution in [2.24, 2.45) is 0 Å². The number of hydrogen-bond donors (Lipinski definition) is 1. The van der Waals surface area contributed by atoms with Gasteiger partial charge in [-0.3, -0.25) is 10.1 Å². The number of rotatable bonds is 8. The average Bonchev–Trinajstić information content (AvgIpc) is 2.34. The van der Waals surface area contributed by atoms with Crippen LogP contribution in [0.2, 0.25) is 5.02 Å². The van der Waals surface area contributed by atoms with E-state index in [0.717, 1.165) is 12.8 Å². The summed E-state index contributed by atoms with van der Waals surface area (Å²) in [6, 6.07) is 4.65. The Morgan fingerprint density at radius 3 is 2.79 bits per heavy atom. The molecule has 0 aliphatic heterocycles. The predicted molar refractivity (Wildman–Crippen MR) is 76.9 cm³/mol. The summed E-state index contributed by atoms with van der Waals surface area (Å²) in [6.07, 6.45) is 2.01. The zero-order valence-corrected chi connectivity index (χ0v) is 11.9. The SMILES string of the molecule is CC(C)OCCCCNc1c(Cl)cccc1[N+](=O)[O-]. The lowest BCUT2D eigenvalue weighted by atomic mass is 10.2. The van der Waals surface area contributed by atoms with E-state index in [1.165, 1.54) is 6.07 Å². The van der Waals surface area contributed by atoms with E-state index in [4.69, 9.17) is 16.3 Å². The summed E-state index contributed by atoms with van der Waals surface area (Å²) in [5.74, 6) is 0. The van der Waals surface area contributed by atoms with Crippen molar-refractivity contribution in [2.45, 2.75) is 32.8 Å². The lowest BCUT2D eigenvalue weighted by molar-refractivity contribution is -0.383. The van der Waals surface area contributed by atoms with Gasteiger partial charge in [-0.1, -0.05) is 17.7 Å². The Labute approximate surface area is 118 Å². The molecule has 0 saturated heterocycles. The van der Waals surface area contributed by atoms with Gasteiger partial charge < -0.3 is 10.1 Å². The number of nitrogens with one attached hydrogen (secondary N) is 1. The fourth-order valence-corrected chi connectivity index (χ4v) is 1.84. The molecule has 0 aromatic heterocycles. The average molecular weight is 287 g/mol. The molecule has 0 heterocycles. The van der Waals surface area contributed by atoms with Crippen LogP contribution < -0.4 is 5.32 Å². The summed E-state index contributed by atoms with van der Waals surface area (Å²) in [5, 5.41) is 14.3. The zero-order valence-electron chi connectivity index (χ0n) is 11.2. The Morgan fingerprint density at radius 1 is 1.42 bits per heavy atom. The summed E-state index contributed by atoms with van der Waals surface area (Å²) in [7, 11) is 0. The van der Waals surface area contributed by atoms with Crippen LogP contribution >= 0.6 is 11.6 Å². The third-order valence-electron chi connectivity index (χ3n) is 2.51. The molecular weight excluding hydrogens is 268 g/mol. The number of nitro groups is 1. The number of hydrogen-bond acceptors (Lipinski definition) is 4. The van der Waals surface area contributed by atoms with E-state index in [2.05, 4.69) is 5.32 Å². The highest BCUT2D eigenvalue weighted by Gasteiger charge is 2.15. The Morgan fingerprint density at radius 2 is 2.16 bits per heavy atom. The Hall–Kier alpha value is -1.33. The standard InChI is InChI=1S/C13H19ClN2O3/c1-10(2)19-9-4-3-8-15-13-11(14)6-5-7-12(13)16(17)18/h5-7,10,15H,3-4,8-9H2,1-2H3. The van der Waals surface area contributed by atoms with Gasteiger partial charge in [0.05, 0.1) is 16.0 Å². The number of anilines is 1. The van der Waals surface area contributed by atoms with Crippen LogP contribution in [0, 0.1) is 10.1 Å². The second-order valence-corrected chi connectivity index (χ2v) is 4.85. The molecule has 0 fully saturated rings. The largest absolute Gasteiger partial charge is 0.379 e. The summed E-state index contributed by atoms with van der Waals surface area (Å²) in [5.41, 5.74) is 0.393. The number of nitrogens with zero attached hydrogens (tertiary/aromatic N) is 1. The van der Waals surface area contributed by atoms with E-state index in [9.17, 15) is 10.1 Å². The number of halogens is 1. The van der Waals surface area contributed by atoms with Crippen LogP contribution in [0.1, 0.15) is 26.7 Å². The van der Waals surface area contributed by atoms with Crippen LogP contribution in [0.3, 0.4) is 0 Å². The van der Waals surface area contributed by atoms with Gasteiger partial charge in [-0.05, 0) is 32.8 Å². The van der Waals surface area contributed by atoms with Crippen LogP contribution in [0.25, 0.3) is 0 Å². The Balaban J connectivity index is 2.43. The Kier molecular flexibility index (Phi) is 6.59. The maximum atomic E-state index is 10.9. The van der Waals surface area contributed by atoms with E-state index < -0.39 is 4.92 Å². The number of unbranched alkanes of at least 4 members (excludes halogenated alkanes) is 1. The molecule has 1 aromatic carbocycles. The second kappa shape index (κ2) is 7.96. The third kappa shape index (κ3) is 5.44. The van der Waals surface area contributed by atoms with Gasteiger partial charge >= 0.3 is 0 Å². The molecular formula is C13H19ClN2O3. The molecule has 0 radical (unpaired) electrons. The van der Waals surface area contributed by atoms with Gasteiger partial charge in [0.25, 0.3) is 5.69 Å². The molecule has 1 N–H and O–H groups in total. The maximum Gasteiger partial charge on any atom is 0.293 e. The third-order valence-corrected chi connectivity index (χ3v) is 2.83. The first-order valence-electron chi connectivity index (χ1n) is 6.30. The first-order valence-corrected chi connectivity index (χ1v) is 6.68. The van der Waals surface area contributed by atoms with Crippen LogP contribution in [-0.2, 0) is 4.74 Å².